The van der Waals surface area contributed by atoms with Gasteiger partial charge in [-0.1, -0.05) is 0 Å². The molecule has 0 atom stereocenters. The van der Waals surface area contributed by atoms with Gasteiger partial charge in [0.05, 0.1) is 5.60 Å². The smallest absolute Gasteiger partial charge is 0.110 e. The summed E-state index contributed by atoms with van der Waals surface area (Å²) in [6, 6.07) is 3.86. The molecule has 0 aromatic carbocycles. The van der Waals surface area contributed by atoms with Gasteiger partial charge in [-0.15, -0.1) is 11.8 Å². The third kappa shape index (κ3) is 4.44. The highest BCUT2D eigenvalue weighted by Gasteiger charge is 2.12. The van der Waals surface area contributed by atoms with Crippen LogP contribution in [0.15, 0.2) is 27.8 Å². The molecule has 0 saturated heterocycles. The van der Waals surface area contributed by atoms with E-state index in [1.54, 1.807) is 18.0 Å². The Morgan fingerprint density at radius 1 is 1.57 bits per heavy atom. The lowest BCUT2D eigenvalue weighted by Crippen LogP contribution is -2.19. The van der Waals surface area contributed by atoms with Gasteiger partial charge in [-0.3, -0.25) is 0 Å². The van der Waals surface area contributed by atoms with Gasteiger partial charge in [0.15, 0.2) is 0 Å². The summed E-state index contributed by atoms with van der Waals surface area (Å²) in [6.45, 7) is 3.64. The van der Waals surface area contributed by atoms with Crippen LogP contribution in [0.2, 0.25) is 0 Å². The maximum Gasteiger partial charge on any atom is 0.110 e. The van der Waals surface area contributed by atoms with Gasteiger partial charge in [-0.05, 0) is 48.3 Å². The van der Waals surface area contributed by atoms with Gasteiger partial charge < -0.3 is 5.11 Å². The minimum absolute atomic E-state index is 0.589. The van der Waals surface area contributed by atoms with E-state index in [1.807, 2.05) is 26.0 Å². The molecule has 0 amide bonds. The molecular weight excluding hydrogens is 262 g/mol. The van der Waals surface area contributed by atoms with Crippen molar-refractivity contribution in [2.45, 2.75) is 30.9 Å². The van der Waals surface area contributed by atoms with Gasteiger partial charge in [0.2, 0.25) is 0 Å². The van der Waals surface area contributed by atoms with E-state index in [-0.39, 0.29) is 0 Å². The number of nitrogens with zero attached hydrogens (tertiary/aromatic N) is 1. The Morgan fingerprint density at radius 3 is 2.86 bits per heavy atom. The predicted molar refractivity (Wildman–Crippen MR) is 63.6 cm³/mol. The van der Waals surface area contributed by atoms with Crippen LogP contribution in [0.25, 0.3) is 0 Å². The standard InChI is InChI=1S/C10H14BrNOS/c1-10(2,13)5-7-14-9-8(11)4-3-6-12-9/h3-4,6,13H,5,7H2,1-2H3. The topological polar surface area (TPSA) is 33.1 Å². The SMILES string of the molecule is CC(C)(O)CCSc1ncccc1Br. The number of halogens is 1. The maximum atomic E-state index is 9.52. The molecule has 0 aliphatic rings. The van der Waals surface area contributed by atoms with Crippen LogP contribution in [0.3, 0.4) is 0 Å². The maximum absolute atomic E-state index is 9.52. The molecule has 14 heavy (non-hydrogen) atoms. The molecule has 2 nitrogen and oxygen atoms in total. The monoisotopic (exact) mass is 275 g/mol. The fourth-order valence-corrected chi connectivity index (χ4v) is 2.61. The number of pyridine rings is 1. The number of aliphatic hydroxyl groups is 1. The Balaban J connectivity index is 2.43. The first kappa shape index (κ1) is 12.0. The molecule has 1 N–H and O–H groups in total. The van der Waals surface area contributed by atoms with Crippen molar-refractivity contribution in [2.24, 2.45) is 0 Å². The third-order valence-electron chi connectivity index (χ3n) is 1.68. The second-order valence-corrected chi connectivity index (χ2v) is 5.64. The van der Waals surface area contributed by atoms with Crippen molar-refractivity contribution in [1.82, 2.24) is 4.98 Å². The van der Waals surface area contributed by atoms with Crippen molar-refractivity contribution in [2.75, 3.05) is 5.75 Å². The molecule has 0 saturated carbocycles. The molecule has 1 heterocycles. The van der Waals surface area contributed by atoms with E-state index in [4.69, 9.17) is 0 Å². The predicted octanol–water partition coefficient (Wildman–Crippen LogP) is 3.10. The largest absolute Gasteiger partial charge is 0.390 e. The van der Waals surface area contributed by atoms with Crippen LogP contribution in [0.5, 0.6) is 0 Å². The zero-order valence-electron chi connectivity index (χ0n) is 8.33. The number of hydrogen-bond donors (Lipinski definition) is 1. The molecule has 1 aromatic heterocycles. The molecule has 0 bridgehead atoms. The van der Waals surface area contributed by atoms with Gasteiger partial charge >= 0.3 is 0 Å². The van der Waals surface area contributed by atoms with Crippen LogP contribution < -0.4 is 0 Å². The lowest BCUT2D eigenvalue weighted by Gasteiger charge is -2.15. The second kappa shape index (κ2) is 5.14. The van der Waals surface area contributed by atoms with Crippen molar-refractivity contribution < 1.29 is 5.11 Å². The van der Waals surface area contributed by atoms with Crippen LogP contribution >= 0.6 is 27.7 Å². The Labute approximate surface area is 97.3 Å². The molecule has 0 spiro atoms. The minimum atomic E-state index is -0.589. The molecule has 78 valence electrons. The van der Waals surface area contributed by atoms with Gasteiger partial charge in [-0.25, -0.2) is 4.98 Å². The van der Waals surface area contributed by atoms with Gasteiger partial charge in [0, 0.05) is 16.4 Å². The molecule has 1 rings (SSSR count). The van der Waals surface area contributed by atoms with Crippen LogP contribution in [0, 0.1) is 0 Å². The van der Waals surface area contributed by atoms with E-state index in [0.717, 1.165) is 21.7 Å². The second-order valence-electron chi connectivity index (χ2n) is 3.70. The van der Waals surface area contributed by atoms with E-state index in [1.165, 1.54) is 0 Å². The lowest BCUT2D eigenvalue weighted by atomic mass is 10.1. The van der Waals surface area contributed by atoms with E-state index in [2.05, 4.69) is 20.9 Å². The zero-order valence-corrected chi connectivity index (χ0v) is 10.7. The highest BCUT2D eigenvalue weighted by atomic mass is 79.9. The fourth-order valence-electron chi connectivity index (χ4n) is 0.875. The molecule has 0 fully saturated rings. The molecule has 0 aliphatic heterocycles. The van der Waals surface area contributed by atoms with Crippen molar-refractivity contribution in [1.29, 1.82) is 0 Å². The molecule has 1 aromatic rings. The van der Waals surface area contributed by atoms with E-state index in [0.29, 0.717) is 0 Å². The Bertz CT molecular complexity index is 298. The minimum Gasteiger partial charge on any atom is -0.390 e. The molecule has 0 radical (unpaired) electrons. The summed E-state index contributed by atoms with van der Waals surface area (Å²) >= 11 is 5.09. The summed E-state index contributed by atoms with van der Waals surface area (Å²) < 4.78 is 1.01. The Hall–Kier alpha value is -0.0600. The van der Waals surface area contributed by atoms with Crippen LogP contribution in [0.4, 0.5) is 0 Å². The fraction of sp³-hybridized carbons (Fsp3) is 0.500. The number of rotatable bonds is 4. The van der Waals surface area contributed by atoms with Crippen molar-refractivity contribution in [3.63, 3.8) is 0 Å². The quantitative estimate of drug-likeness (QED) is 0.858. The van der Waals surface area contributed by atoms with Crippen molar-refractivity contribution >= 4 is 27.7 Å². The molecular formula is C10H14BrNOS. The van der Waals surface area contributed by atoms with E-state index in [9.17, 15) is 5.11 Å². The first-order valence-electron chi connectivity index (χ1n) is 4.45. The van der Waals surface area contributed by atoms with Gasteiger partial charge in [-0.2, -0.15) is 0 Å². The lowest BCUT2D eigenvalue weighted by molar-refractivity contribution is 0.0777. The Morgan fingerprint density at radius 2 is 2.29 bits per heavy atom. The summed E-state index contributed by atoms with van der Waals surface area (Å²) in [5.74, 6) is 0.874. The number of thioether (sulfide) groups is 1. The number of hydrogen-bond acceptors (Lipinski definition) is 3. The Kier molecular flexibility index (Phi) is 4.41. The highest BCUT2D eigenvalue weighted by Crippen LogP contribution is 2.26. The highest BCUT2D eigenvalue weighted by molar-refractivity contribution is 9.10. The van der Waals surface area contributed by atoms with E-state index >= 15 is 0 Å². The summed E-state index contributed by atoms with van der Waals surface area (Å²) in [5.41, 5.74) is -0.589. The summed E-state index contributed by atoms with van der Waals surface area (Å²) in [4.78, 5) is 4.23. The van der Waals surface area contributed by atoms with E-state index < -0.39 is 5.60 Å². The van der Waals surface area contributed by atoms with Crippen LogP contribution in [-0.2, 0) is 0 Å². The molecule has 4 heteroatoms. The molecule has 0 aliphatic carbocycles. The van der Waals surface area contributed by atoms with Gasteiger partial charge in [0.25, 0.3) is 0 Å². The first-order valence-corrected chi connectivity index (χ1v) is 6.22. The summed E-state index contributed by atoms with van der Waals surface area (Å²) in [6.07, 6.45) is 2.54. The van der Waals surface area contributed by atoms with Crippen LogP contribution in [0.1, 0.15) is 20.3 Å². The normalized spacial score (nSPS) is 11.7. The summed E-state index contributed by atoms with van der Waals surface area (Å²) in [5, 5.41) is 10.5. The van der Waals surface area contributed by atoms with Gasteiger partial charge in [0.1, 0.15) is 5.03 Å². The van der Waals surface area contributed by atoms with Crippen molar-refractivity contribution in [3.05, 3.63) is 22.8 Å². The zero-order chi connectivity index (χ0) is 10.6. The first-order chi connectivity index (χ1) is 6.49. The average Bonchev–Trinajstić information content (AvgIpc) is 2.06. The third-order valence-corrected chi connectivity index (χ3v) is 3.59. The van der Waals surface area contributed by atoms with Crippen molar-refractivity contribution in [3.8, 4) is 0 Å². The average molecular weight is 276 g/mol. The summed E-state index contributed by atoms with van der Waals surface area (Å²) in [7, 11) is 0. The van der Waals surface area contributed by atoms with Crippen LogP contribution in [-0.4, -0.2) is 21.4 Å². The number of aromatic nitrogens is 1. The molecule has 0 unspecified atom stereocenters.